The maximum absolute atomic E-state index is 10.7. The van der Waals surface area contributed by atoms with Gasteiger partial charge < -0.3 is 9.88 Å². The molecule has 0 aliphatic heterocycles. The number of nitro benzene ring substituents is 1. The number of nitro groups is 1. The summed E-state index contributed by atoms with van der Waals surface area (Å²) in [6, 6.07) is 5.46. The highest BCUT2D eigenvalue weighted by Crippen LogP contribution is 2.35. The quantitative estimate of drug-likeness (QED) is 0.670. The van der Waals surface area contributed by atoms with E-state index in [0.29, 0.717) is 12.6 Å². The zero-order valence-electron chi connectivity index (χ0n) is 11.2. The van der Waals surface area contributed by atoms with E-state index in [4.69, 9.17) is 0 Å². The first-order valence-electron chi connectivity index (χ1n) is 6.65. The number of imidazole rings is 1. The van der Waals surface area contributed by atoms with Crippen molar-refractivity contribution in [2.75, 3.05) is 5.32 Å². The van der Waals surface area contributed by atoms with Crippen molar-refractivity contribution in [1.82, 2.24) is 9.55 Å². The average Bonchev–Trinajstić information content (AvgIpc) is 3.16. The van der Waals surface area contributed by atoms with Gasteiger partial charge in [-0.05, 0) is 31.4 Å². The van der Waals surface area contributed by atoms with Crippen LogP contribution in [-0.2, 0) is 6.54 Å². The molecule has 0 radical (unpaired) electrons. The Morgan fingerprint density at radius 3 is 2.95 bits per heavy atom. The van der Waals surface area contributed by atoms with Crippen LogP contribution in [0.2, 0.25) is 0 Å². The number of hydrogen-bond donors (Lipinski definition) is 1. The minimum atomic E-state index is -0.376. The maximum Gasteiger partial charge on any atom is 0.269 e. The molecule has 1 aliphatic rings. The molecule has 0 atom stereocenters. The average molecular weight is 272 g/mol. The molecule has 0 amide bonds. The Morgan fingerprint density at radius 2 is 2.30 bits per heavy atom. The molecule has 0 saturated heterocycles. The normalized spacial score (nSPS) is 14.2. The van der Waals surface area contributed by atoms with E-state index in [0.717, 1.165) is 16.9 Å². The summed E-state index contributed by atoms with van der Waals surface area (Å²) in [4.78, 5) is 14.5. The summed E-state index contributed by atoms with van der Waals surface area (Å²) in [6.45, 7) is 2.54. The summed E-state index contributed by atoms with van der Waals surface area (Å²) in [6.07, 6.45) is 6.18. The molecule has 1 heterocycles. The fraction of sp³-hybridized carbons (Fsp3) is 0.357. The number of nitrogens with one attached hydrogen (secondary N) is 1. The largest absolute Gasteiger partial charge is 0.379 e. The second-order valence-corrected chi connectivity index (χ2v) is 5.13. The van der Waals surface area contributed by atoms with Crippen molar-refractivity contribution in [3.8, 4) is 0 Å². The van der Waals surface area contributed by atoms with E-state index in [1.165, 1.54) is 18.9 Å². The van der Waals surface area contributed by atoms with Gasteiger partial charge in [0.25, 0.3) is 5.69 Å². The predicted octanol–water partition coefficient (Wildman–Crippen LogP) is 3.05. The molecule has 1 N–H and O–H groups in total. The lowest BCUT2D eigenvalue weighted by atomic mass is 10.2. The van der Waals surface area contributed by atoms with Crippen molar-refractivity contribution in [3.05, 3.63) is 52.1 Å². The van der Waals surface area contributed by atoms with Crippen LogP contribution < -0.4 is 5.32 Å². The van der Waals surface area contributed by atoms with Gasteiger partial charge in [0.2, 0.25) is 0 Å². The fourth-order valence-corrected chi connectivity index (χ4v) is 2.30. The lowest BCUT2D eigenvalue weighted by Crippen LogP contribution is -2.06. The summed E-state index contributed by atoms with van der Waals surface area (Å²) in [7, 11) is 0. The smallest absolute Gasteiger partial charge is 0.269 e. The Hall–Kier alpha value is -2.37. The topological polar surface area (TPSA) is 73.0 Å². The van der Waals surface area contributed by atoms with Crippen LogP contribution in [0.15, 0.2) is 30.7 Å². The van der Waals surface area contributed by atoms with E-state index in [-0.39, 0.29) is 10.6 Å². The van der Waals surface area contributed by atoms with E-state index in [9.17, 15) is 10.1 Å². The molecule has 20 heavy (non-hydrogen) atoms. The van der Waals surface area contributed by atoms with Crippen LogP contribution in [-0.4, -0.2) is 14.5 Å². The van der Waals surface area contributed by atoms with E-state index in [1.807, 2.05) is 19.4 Å². The van der Waals surface area contributed by atoms with Gasteiger partial charge in [0.15, 0.2) is 0 Å². The van der Waals surface area contributed by atoms with Crippen LogP contribution >= 0.6 is 0 Å². The number of nitrogens with zero attached hydrogens (tertiary/aromatic N) is 3. The number of anilines is 1. The van der Waals surface area contributed by atoms with Gasteiger partial charge in [0.05, 0.1) is 23.5 Å². The van der Waals surface area contributed by atoms with Crippen molar-refractivity contribution in [2.45, 2.75) is 32.4 Å². The summed E-state index contributed by atoms with van der Waals surface area (Å²) in [5, 5.41) is 14.0. The molecule has 3 rings (SSSR count). The highest BCUT2D eigenvalue weighted by Gasteiger charge is 2.25. The van der Waals surface area contributed by atoms with E-state index in [2.05, 4.69) is 14.9 Å². The van der Waals surface area contributed by atoms with Crippen LogP contribution in [0.1, 0.15) is 30.1 Å². The standard InChI is InChI=1S/C14H16N4O2/c1-10-6-12(18(19)20)4-5-14(10)16-8-13-7-15-9-17(13)11-2-3-11/h4-7,9,11,16H,2-3,8H2,1H3. The fourth-order valence-electron chi connectivity index (χ4n) is 2.30. The monoisotopic (exact) mass is 272 g/mol. The predicted molar refractivity (Wildman–Crippen MR) is 75.7 cm³/mol. The highest BCUT2D eigenvalue weighted by atomic mass is 16.6. The molecule has 1 aromatic heterocycles. The summed E-state index contributed by atoms with van der Waals surface area (Å²) >= 11 is 0. The minimum absolute atomic E-state index is 0.121. The second kappa shape index (κ2) is 4.96. The van der Waals surface area contributed by atoms with Gasteiger partial charge in [0.1, 0.15) is 0 Å². The zero-order chi connectivity index (χ0) is 14.1. The molecule has 2 aromatic rings. The van der Waals surface area contributed by atoms with Crippen molar-refractivity contribution >= 4 is 11.4 Å². The molecule has 1 aliphatic carbocycles. The van der Waals surface area contributed by atoms with Gasteiger partial charge in [-0.25, -0.2) is 4.98 Å². The van der Waals surface area contributed by atoms with E-state index in [1.54, 1.807) is 12.1 Å². The van der Waals surface area contributed by atoms with Gasteiger partial charge in [-0.3, -0.25) is 10.1 Å². The van der Waals surface area contributed by atoms with E-state index >= 15 is 0 Å². The highest BCUT2D eigenvalue weighted by molar-refractivity contribution is 5.55. The molecule has 1 fully saturated rings. The lowest BCUT2D eigenvalue weighted by molar-refractivity contribution is -0.384. The van der Waals surface area contributed by atoms with Crippen LogP contribution in [0.5, 0.6) is 0 Å². The number of non-ortho nitro benzene ring substituents is 1. The van der Waals surface area contributed by atoms with Crippen molar-refractivity contribution in [2.24, 2.45) is 0 Å². The Labute approximate surface area is 116 Å². The maximum atomic E-state index is 10.7. The van der Waals surface area contributed by atoms with Gasteiger partial charge in [0, 0.05) is 30.1 Å². The van der Waals surface area contributed by atoms with E-state index < -0.39 is 0 Å². The third-order valence-corrected chi connectivity index (χ3v) is 3.57. The number of hydrogen-bond acceptors (Lipinski definition) is 4. The van der Waals surface area contributed by atoms with Crippen LogP contribution in [0.4, 0.5) is 11.4 Å². The summed E-state index contributed by atoms with van der Waals surface area (Å²) < 4.78 is 2.20. The Kier molecular flexibility index (Phi) is 3.14. The summed E-state index contributed by atoms with van der Waals surface area (Å²) in [5.41, 5.74) is 3.05. The Morgan fingerprint density at radius 1 is 1.50 bits per heavy atom. The zero-order valence-corrected chi connectivity index (χ0v) is 11.2. The van der Waals surface area contributed by atoms with Gasteiger partial charge in [-0.15, -0.1) is 0 Å². The molecule has 1 aromatic carbocycles. The van der Waals surface area contributed by atoms with Crippen LogP contribution in [0.25, 0.3) is 0 Å². The van der Waals surface area contributed by atoms with Gasteiger partial charge >= 0.3 is 0 Å². The molecule has 0 spiro atoms. The molecule has 104 valence electrons. The number of aryl methyl sites for hydroxylation is 1. The van der Waals surface area contributed by atoms with Crippen LogP contribution in [0, 0.1) is 17.0 Å². The lowest BCUT2D eigenvalue weighted by Gasteiger charge is -2.11. The van der Waals surface area contributed by atoms with Crippen molar-refractivity contribution < 1.29 is 4.92 Å². The number of aromatic nitrogens is 2. The minimum Gasteiger partial charge on any atom is -0.379 e. The third kappa shape index (κ3) is 2.49. The molecular formula is C14H16N4O2. The molecule has 6 heteroatoms. The number of benzene rings is 1. The third-order valence-electron chi connectivity index (χ3n) is 3.57. The second-order valence-electron chi connectivity index (χ2n) is 5.13. The SMILES string of the molecule is Cc1cc([N+](=O)[O-])ccc1NCc1cncn1C1CC1. The molecule has 1 saturated carbocycles. The number of rotatable bonds is 5. The van der Waals surface area contributed by atoms with Gasteiger partial charge in [-0.1, -0.05) is 0 Å². The first-order chi connectivity index (χ1) is 9.65. The van der Waals surface area contributed by atoms with Crippen molar-refractivity contribution in [3.63, 3.8) is 0 Å². The van der Waals surface area contributed by atoms with Crippen molar-refractivity contribution in [1.29, 1.82) is 0 Å². The Balaban J connectivity index is 1.71. The first-order valence-corrected chi connectivity index (χ1v) is 6.65. The molecular weight excluding hydrogens is 256 g/mol. The molecule has 6 nitrogen and oxygen atoms in total. The summed E-state index contributed by atoms with van der Waals surface area (Å²) in [5.74, 6) is 0. The molecule has 0 bridgehead atoms. The molecule has 0 unspecified atom stereocenters. The first kappa shape index (κ1) is 12.7. The Bertz CT molecular complexity index is 646. The van der Waals surface area contributed by atoms with Crippen LogP contribution in [0.3, 0.4) is 0 Å². The van der Waals surface area contributed by atoms with Gasteiger partial charge in [-0.2, -0.15) is 0 Å².